The normalized spacial score (nSPS) is 22.6. The summed E-state index contributed by atoms with van der Waals surface area (Å²) in [5, 5.41) is 27.8. The number of hydrogen-bond acceptors (Lipinski definition) is 4. The zero-order valence-corrected chi connectivity index (χ0v) is 14.8. The third-order valence-corrected chi connectivity index (χ3v) is 4.92. The number of carboxylic acids is 1. The Kier molecular flexibility index (Phi) is 7.55. The highest BCUT2D eigenvalue weighted by Crippen LogP contribution is 2.34. The van der Waals surface area contributed by atoms with Crippen LogP contribution in [-0.4, -0.2) is 28.1 Å². The summed E-state index contributed by atoms with van der Waals surface area (Å²) >= 11 is 0. The molecule has 5 heteroatoms. The SMILES string of the molecule is N#Cc1cccc(/C=C/C2C(O)CC(=O)C2CCCCCCC(=O)O)c1. The van der Waals surface area contributed by atoms with Gasteiger partial charge in [-0.1, -0.05) is 43.5 Å². The van der Waals surface area contributed by atoms with Crippen molar-refractivity contribution in [3.8, 4) is 6.07 Å². The molecule has 3 unspecified atom stereocenters. The van der Waals surface area contributed by atoms with Crippen molar-refractivity contribution in [2.45, 2.75) is 51.0 Å². The first-order valence-corrected chi connectivity index (χ1v) is 9.12. The topological polar surface area (TPSA) is 98.4 Å². The van der Waals surface area contributed by atoms with E-state index < -0.39 is 12.1 Å². The first kappa shape index (κ1) is 19.9. The number of ketones is 1. The number of unbranched alkanes of at least 4 members (excludes halogenated alkanes) is 3. The molecule has 2 rings (SSSR count). The minimum Gasteiger partial charge on any atom is -0.481 e. The van der Waals surface area contributed by atoms with Crippen molar-refractivity contribution < 1.29 is 19.8 Å². The molecule has 0 bridgehead atoms. The zero-order chi connectivity index (χ0) is 18.9. The van der Waals surface area contributed by atoms with Gasteiger partial charge in [0.2, 0.25) is 0 Å². The molecule has 1 saturated carbocycles. The van der Waals surface area contributed by atoms with Gasteiger partial charge in [-0.05, 0) is 30.5 Å². The number of carbonyl (C=O) groups is 2. The number of Topliss-reactive ketones (excluding diaryl/α,β-unsaturated/α-hetero) is 1. The predicted octanol–water partition coefficient (Wildman–Crippen LogP) is 3.56. The second-order valence-electron chi connectivity index (χ2n) is 6.86. The second-order valence-corrected chi connectivity index (χ2v) is 6.86. The minimum atomic E-state index is -0.773. The summed E-state index contributed by atoms with van der Waals surface area (Å²) in [5.41, 5.74) is 1.45. The van der Waals surface area contributed by atoms with Crippen molar-refractivity contribution in [3.63, 3.8) is 0 Å². The lowest BCUT2D eigenvalue weighted by Crippen LogP contribution is -2.18. The number of aliphatic hydroxyl groups is 1. The minimum absolute atomic E-state index is 0.100. The van der Waals surface area contributed by atoms with E-state index in [1.54, 1.807) is 12.1 Å². The number of benzene rings is 1. The first-order valence-electron chi connectivity index (χ1n) is 9.12. The maximum absolute atomic E-state index is 12.2. The van der Waals surface area contributed by atoms with E-state index in [1.807, 2.05) is 24.3 Å². The lowest BCUT2D eigenvalue weighted by atomic mass is 9.88. The summed E-state index contributed by atoms with van der Waals surface area (Å²) in [6.07, 6.45) is 7.46. The van der Waals surface area contributed by atoms with Gasteiger partial charge in [0.05, 0.1) is 17.7 Å². The molecule has 0 aromatic heterocycles. The molecule has 3 atom stereocenters. The van der Waals surface area contributed by atoms with Gasteiger partial charge in [0, 0.05) is 24.7 Å². The maximum atomic E-state index is 12.2. The highest BCUT2D eigenvalue weighted by Gasteiger charge is 2.39. The molecule has 1 aromatic carbocycles. The third-order valence-electron chi connectivity index (χ3n) is 4.92. The molecular formula is C21H25NO4. The van der Waals surface area contributed by atoms with E-state index in [4.69, 9.17) is 10.4 Å². The van der Waals surface area contributed by atoms with Crippen molar-refractivity contribution in [1.29, 1.82) is 5.26 Å². The van der Waals surface area contributed by atoms with Gasteiger partial charge in [-0.15, -0.1) is 0 Å². The molecule has 0 radical (unpaired) electrons. The summed E-state index contributed by atoms with van der Waals surface area (Å²) in [4.78, 5) is 22.7. The fourth-order valence-corrected chi connectivity index (χ4v) is 3.52. The van der Waals surface area contributed by atoms with E-state index in [0.29, 0.717) is 12.0 Å². The molecule has 0 saturated heterocycles. The highest BCUT2D eigenvalue weighted by molar-refractivity contribution is 5.84. The second kappa shape index (κ2) is 9.88. The molecule has 1 aliphatic rings. The fourth-order valence-electron chi connectivity index (χ4n) is 3.52. The molecule has 0 amide bonds. The smallest absolute Gasteiger partial charge is 0.303 e. The monoisotopic (exact) mass is 355 g/mol. The standard InChI is InChI=1S/C21H25NO4/c22-14-16-7-5-6-15(12-16)10-11-18-17(19(23)13-20(18)24)8-3-1-2-4-9-21(25)26/h5-7,10-12,17-18,20,24H,1-4,8-9,13H2,(H,25,26)/b11-10+. The molecule has 1 aliphatic carbocycles. The molecule has 0 spiro atoms. The molecule has 26 heavy (non-hydrogen) atoms. The van der Waals surface area contributed by atoms with Crippen LogP contribution in [0, 0.1) is 23.2 Å². The molecule has 2 N–H and O–H groups in total. The molecule has 5 nitrogen and oxygen atoms in total. The Morgan fingerprint density at radius 1 is 1.27 bits per heavy atom. The van der Waals surface area contributed by atoms with Crippen LogP contribution in [0.15, 0.2) is 30.3 Å². The quantitative estimate of drug-likeness (QED) is 0.660. The molecule has 138 valence electrons. The number of carbonyl (C=O) groups excluding carboxylic acids is 1. The van der Waals surface area contributed by atoms with Crippen molar-refractivity contribution >= 4 is 17.8 Å². The molecule has 1 fully saturated rings. The fraction of sp³-hybridized carbons (Fsp3) is 0.476. The van der Waals surface area contributed by atoms with Gasteiger partial charge in [0.25, 0.3) is 0 Å². The van der Waals surface area contributed by atoms with Gasteiger partial charge >= 0.3 is 5.97 Å². The Balaban J connectivity index is 1.90. The van der Waals surface area contributed by atoms with Crippen LogP contribution in [0.3, 0.4) is 0 Å². The summed E-state index contributed by atoms with van der Waals surface area (Å²) < 4.78 is 0. The summed E-state index contributed by atoms with van der Waals surface area (Å²) in [6.45, 7) is 0. The first-order chi connectivity index (χ1) is 12.5. The summed E-state index contributed by atoms with van der Waals surface area (Å²) in [6, 6.07) is 9.30. The predicted molar refractivity (Wildman–Crippen MR) is 98.1 cm³/mol. The van der Waals surface area contributed by atoms with Crippen LogP contribution in [0.4, 0.5) is 0 Å². The number of nitrogens with zero attached hydrogens (tertiary/aromatic N) is 1. The van der Waals surface area contributed by atoms with Gasteiger partial charge in [-0.2, -0.15) is 5.26 Å². The molecule has 1 aromatic rings. The Morgan fingerprint density at radius 3 is 2.77 bits per heavy atom. The zero-order valence-electron chi connectivity index (χ0n) is 14.8. The van der Waals surface area contributed by atoms with Gasteiger partial charge in [0.1, 0.15) is 5.78 Å². The summed E-state index contributed by atoms with van der Waals surface area (Å²) in [7, 11) is 0. The number of hydrogen-bond donors (Lipinski definition) is 2. The van der Waals surface area contributed by atoms with Gasteiger partial charge in [-0.3, -0.25) is 9.59 Å². The van der Waals surface area contributed by atoms with Crippen LogP contribution >= 0.6 is 0 Å². The van der Waals surface area contributed by atoms with Crippen LogP contribution < -0.4 is 0 Å². The van der Waals surface area contributed by atoms with Crippen LogP contribution in [0.2, 0.25) is 0 Å². The maximum Gasteiger partial charge on any atom is 0.303 e. The molecular weight excluding hydrogens is 330 g/mol. The number of carboxylic acid groups (broad SMARTS) is 1. The molecule has 0 aliphatic heterocycles. The Bertz CT molecular complexity index is 704. The lowest BCUT2D eigenvalue weighted by molar-refractivity contribution is -0.137. The average molecular weight is 355 g/mol. The third kappa shape index (κ3) is 5.82. The van der Waals surface area contributed by atoms with E-state index in [9.17, 15) is 14.7 Å². The van der Waals surface area contributed by atoms with Crippen LogP contribution in [0.1, 0.15) is 56.1 Å². The van der Waals surface area contributed by atoms with E-state index in [2.05, 4.69) is 6.07 Å². The Morgan fingerprint density at radius 2 is 2.04 bits per heavy atom. The van der Waals surface area contributed by atoms with E-state index in [-0.39, 0.29) is 30.5 Å². The van der Waals surface area contributed by atoms with Gasteiger partial charge < -0.3 is 10.2 Å². The van der Waals surface area contributed by atoms with Crippen molar-refractivity contribution in [1.82, 2.24) is 0 Å². The van der Waals surface area contributed by atoms with Crippen LogP contribution in [0.5, 0.6) is 0 Å². The molecule has 0 heterocycles. The Hall–Kier alpha value is -2.45. The van der Waals surface area contributed by atoms with Gasteiger partial charge in [-0.25, -0.2) is 0 Å². The Labute approximate surface area is 154 Å². The van der Waals surface area contributed by atoms with Crippen molar-refractivity contribution in [3.05, 3.63) is 41.5 Å². The van der Waals surface area contributed by atoms with Crippen LogP contribution in [-0.2, 0) is 9.59 Å². The van der Waals surface area contributed by atoms with Crippen molar-refractivity contribution in [2.75, 3.05) is 0 Å². The van der Waals surface area contributed by atoms with E-state index >= 15 is 0 Å². The number of aliphatic hydroxyl groups excluding tert-OH is 1. The number of aliphatic carboxylic acids is 1. The number of rotatable bonds is 9. The van der Waals surface area contributed by atoms with Crippen LogP contribution in [0.25, 0.3) is 6.08 Å². The van der Waals surface area contributed by atoms with E-state index in [0.717, 1.165) is 31.2 Å². The number of nitriles is 1. The largest absolute Gasteiger partial charge is 0.481 e. The average Bonchev–Trinajstić information content (AvgIpc) is 2.89. The van der Waals surface area contributed by atoms with Crippen molar-refractivity contribution in [2.24, 2.45) is 11.8 Å². The van der Waals surface area contributed by atoms with Gasteiger partial charge in [0.15, 0.2) is 0 Å². The summed E-state index contributed by atoms with van der Waals surface area (Å²) in [5.74, 6) is -1.06. The highest BCUT2D eigenvalue weighted by atomic mass is 16.4. The lowest BCUT2D eigenvalue weighted by Gasteiger charge is -2.17. The van der Waals surface area contributed by atoms with E-state index in [1.165, 1.54) is 0 Å².